The SMILES string of the molecule is CC(C)Nc1cccc(Cl)c1C(N)=O. The van der Waals surface area contributed by atoms with Gasteiger partial charge in [-0.25, -0.2) is 0 Å². The van der Waals surface area contributed by atoms with E-state index in [-0.39, 0.29) is 6.04 Å². The van der Waals surface area contributed by atoms with Gasteiger partial charge in [-0.2, -0.15) is 0 Å². The van der Waals surface area contributed by atoms with Gasteiger partial charge in [-0.05, 0) is 26.0 Å². The van der Waals surface area contributed by atoms with Crippen LogP contribution in [-0.4, -0.2) is 11.9 Å². The van der Waals surface area contributed by atoms with Crippen molar-refractivity contribution in [1.29, 1.82) is 0 Å². The van der Waals surface area contributed by atoms with Crippen molar-refractivity contribution in [3.63, 3.8) is 0 Å². The van der Waals surface area contributed by atoms with E-state index in [1.54, 1.807) is 18.2 Å². The summed E-state index contributed by atoms with van der Waals surface area (Å²) in [5.74, 6) is -0.515. The van der Waals surface area contributed by atoms with Gasteiger partial charge in [-0.3, -0.25) is 4.79 Å². The monoisotopic (exact) mass is 212 g/mol. The first-order valence-corrected chi connectivity index (χ1v) is 4.75. The maximum Gasteiger partial charge on any atom is 0.252 e. The van der Waals surface area contributed by atoms with Crippen molar-refractivity contribution in [2.45, 2.75) is 19.9 Å². The lowest BCUT2D eigenvalue weighted by Gasteiger charge is -2.13. The second-order valence-corrected chi connectivity index (χ2v) is 3.73. The number of hydrogen-bond acceptors (Lipinski definition) is 2. The molecule has 0 spiro atoms. The van der Waals surface area contributed by atoms with Crippen molar-refractivity contribution in [3.8, 4) is 0 Å². The van der Waals surface area contributed by atoms with E-state index in [9.17, 15) is 4.79 Å². The Kier molecular flexibility index (Phi) is 3.36. The average Bonchev–Trinajstić information content (AvgIpc) is 2.01. The van der Waals surface area contributed by atoms with Crippen molar-refractivity contribution in [3.05, 3.63) is 28.8 Å². The fourth-order valence-electron chi connectivity index (χ4n) is 1.21. The summed E-state index contributed by atoms with van der Waals surface area (Å²) in [7, 11) is 0. The molecule has 0 fully saturated rings. The highest BCUT2D eigenvalue weighted by Gasteiger charge is 2.12. The van der Waals surface area contributed by atoms with Crippen LogP contribution < -0.4 is 11.1 Å². The number of amides is 1. The molecule has 14 heavy (non-hydrogen) atoms. The van der Waals surface area contributed by atoms with E-state index in [0.29, 0.717) is 16.3 Å². The highest BCUT2D eigenvalue weighted by atomic mass is 35.5. The van der Waals surface area contributed by atoms with Gasteiger partial charge in [0.1, 0.15) is 0 Å². The molecule has 0 aliphatic rings. The molecule has 0 unspecified atom stereocenters. The second kappa shape index (κ2) is 4.33. The quantitative estimate of drug-likeness (QED) is 0.808. The molecule has 0 aliphatic carbocycles. The lowest BCUT2D eigenvalue weighted by atomic mass is 10.1. The van der Waals surface area contributed by atoms with E-state index in [1.165, 1.54) is 0 Å². The number of rotatable bonds is 3. The van der Waals surface area contributed by atoms with Crippen LogP contribution in [0.15, 0.2) is 18.2 Å². The lowest BCUT2D eigenvalue weighted by Crippen LogP contribution is -2.18. The Bertz CT molecular complexity index is 350. The van der Waals surface area contributed by atoms with E-state index in [1.807, 2.05) is 13.8 Å². The summed E-state index contributed by atoms with van der Waals surface area (Å²) in [5, 5.41) is 3.49. The molecular weight excluding hydrogens is 200 g/mol. The lowest BCUT2D eigenvalue weighted by molar-refractivity contribution is 0.100. The number of hydrogen-bond donors (Lipinski definition) is 2. The molecule has 1 aromatic carbocycles. The van der Waals surface area contributed by atoms with Crippen molar-refractivity contribution in [2.24, 2.45) is 5.73 Å². The number of halogens is 1. The molecule has 0 aliphatic heterocycles. The molecule has 0 radical (unpaired) electrons. The second-order valence-electron chi connectivity index (χ2n) is 3.33. The first kappa shape index (κ1) is 10.9. The van der Waals surface area contributed by atoms with Crippen molar-refractivity contribution in [2.75, 3.05) is 5.32 Å². The Morgan fingerprint density at radius 3 is 2.64 bits per heavy atom. The van der Waals surface area contributed by atoms with Gasteiger partial charge in [0.2, 0.25) is 0 Å². The third-order valence-corrected chi connectivity index (χ3v) is 2.02. The van der Waals surface area contributed by atoms with Gasteiger partial charge in [-0.1, -0.05) is 17.7 Å². The van der Waals surface area contributed by atoms with Crippen LogP contribution in [0, 0.1) is 0 Å². The summed E-state index contributed by atoms with van der Waals surface area (Å²) < 4.78 is 0. The molecule has 1 aromatic rings. The van der Waals surface area contributed by atoms with Crippen LogP contribution in [0.1, 0.15) is 24.2 Å². The molecule has 0 saturated carbocycles. The van der Waals surface area contributed by atoms with Gasteiger partial charge in [0.05, 0.1) is 10.6 Å². The Hall–Kier alpha value is -1.22. The number of anilines is 1. The number of carbonyl (C=O) groups excluding carboxylic acids is 1. The van der Waals surface area contributed by atoms with Crippen LogP contribution in [0.25, 0.3) is 0 Å². The number of nitrogens with one attached hydrogen (secondary N) is 1. The molecule has 4 heteroatoms. The largest absolute Gasteiger partial charge is 0.382 e. The predicted octanol–water partition coefficient (Wildman–Crippen LogP) is 2.26. The molecule has 0 heterocycles. The van der Waals surface area contributed by atoms with Gasteiger partial charge >= 0.3 is 0 Å². The van der Waals surface area contributed by atoms with Crippen molar-refractivity contribution in [1.82, 2.24) is 0 Å². The van der Waals surface area contributed by atoms with E-state index in [0.717, 1.165) is 0 Å². The smallest absolute Gasteiger partial charge is 0.252 e. The molecule has 76 valence electrons. The summed E-state index contributed by atoms with van der Waals surface area (Å²) in [4.78, 5) is 11.1. The van der Waals surface area contributed by atoms with Crippen LogP contribution in [0.4, 0.5) is 5.69 Å². The minimum absolute atomic E-state index is 0.228. The zero-order chi connectivity index (χ0) is 10.7. The van der Waals surface area contributed by atoms with Gasteiger partial charge in [-0.15, -0.1) is 0 Å². The Balaban J connectivity index is 3.14. The minimum Gasteiger partial charge on any atom is -0.382 e. The maximum absolute atomic E-state index is 11.1. The Labute approximate surface area is 88.2 Å². The fourth-order valence-corrected chi connectivity index (χ4v) is 1.47. The molecule has 0 bridgehead atoms. The van der Waals surface area contributed by atoms with Crippen LogP contribution in [0.2, 0.25) is 5.02 Å². The molecule has 0 aromatic heterocycles. The number of primary amides is 1. The zero-order valence-corrected chi connectivity index (χ0v) is 8.93. The first-order chi connectivity index (χ1) is 6.52. The van der Waals surface area contributed by atoms with E-state index >= 15 is 0 Å². The molecule has 3 N–H and O–H groups in total. The van der Waals surface area contributed by atoms with Crippen LogP contribution in [-0.2, 0) is 0 Å². The first-order valence-electron chi connectivity index (χ1n) is 4.37. The van der Waals surface area contributed by atoms with Crippen LogP contribution in [0.3, 0.4) is 0 Å². The third-order valence-electron chi connectivity index (χ3n) is 1.70. The van der Waals surface area contributed by atoms with Gasteiger partial charge in [0.15, 0.2) is 0 Å². The van der Waals surface area contributed by atoms with Crippen molar-refractivity contribution < 1.29 is 4.79 Å². The minimum atomic E-state index is -0.515. The maximum atomic E-state index is 11.1. The van der Waals surface area contributed by atoms with E-state index in [4.69, 9.17) is 17.3 Å². The molecule has 1 rings (SSSR count). The van der Waals surface area contributed by atoms with E-state index < -0.39 is 5.91 Å². The summed E-state index contributed by atoms with van der Waals surface area (Å²) in [5.41, 5.74) is 6.26. The molecular formula is C10H13ClN2O. The third kappa shape index (κ3) is 2.39. The summed E-state index contributed by atoms with van der Waals surface area (Å²) in [6, 6.07) is 5.44. The highest BCUT2D eigenvalue weighted by Crippen LogP contribution is 2.24. The Morgan fingerprint density at radius 2 is 2.14 bits per heavy atom. The summed E-state index contributed by atoms with van der Waals surface area (Å²) in [6.07, 6.45) is 0. The standard InChI is InChI=1S/C10H13ClN2O/c1-6(2)13-8-5-3-4-7(11)9(8)10(12)14/h3-6,13H,1-2H3,(H2,12,14). The summed E-state index contributed by atoms with van der Waals surface area (Å²) in [6.45, 7) is 3.96. The van der Waals surface area contributed by atoms with E-state index in [2.05, 4.69) is 5.32 Å². The van der Waals surface area contributed by atoms with Gasteiger partial charge in [0.25, 0.3) is 5.91 Å². The van der Waals surface area contributed by atoms with Gasteiger partial charge < -0.3 is 11.1 Å². The Morgan fingerprint density at radius 1 is 1.50 bits per heavy atom. The highest BCUT2D eigenvalue weighted by molar-refractivity contribution is 6.34. The van der Waals surface area contributed by atoms with Crippen LogP contribution >= 0.6 is 11.6 Å². The average molecular weight is 213 g/mol. The zero-order valence-electron chi connectivity index (χ0n) is 8.17. The fraction of sp³-hybridized carbons (Fsp3) is 0.300. The topological polar surface area (TPSA) is 55.1 Å². The summed E-state index contributed by atoms with van der Waals surface area (Å²) >= 11 is 5.87. The molecule has 0 atom stereocenters. The number of carbonyl (C=O) groups is 1. The molecule has 3 nitrogen and oxygen atoms in total. The molecule has 0 saturated heterocycles. The number of nitrogens with two attached hydrogens (primary N) is 1. The van der Waals surface area contributed by atoms with Crippen molar-refractivity contribution >= 4 is 23.2 Å². The van der Waals surface area contributed by atoms with Gasteiger partial charge in [0, 0.05) is 11.7 Å². The normalized spacial score (nSPS) is 10.3. The predicted molar refractivity (Wildman–Crippen MR) is 58.7 cm³/mol. The molecule has 1 amide bonds. The van der Waals surface area contributed by atoms with Crippen LogP contribution in [0.5, 0.6) is 0 Å². The number of benzene rings is 1.